The molecule has 0 N–H and O–H groups in total. The van der Waals surface area contributed by atoms with Crippen molar-refractivity contribution in [2.75, 3.05) is 26.2 Å². The second kappa shape index (κ2) is 20.5. The van der Waals surface area contributed by atoms with Gasteiger partial charge in [0.05, 0.1) is 0 Å². The summed E-state index contributed by atoms with van der Waals surface area (Å²) in [5.74, 6) is 0.755. The number of carbonyl (C=O) groups is 2. The van der Waals surface area contributed by atoms with Crippen molar-refractivity contribution in [2.45, 2.75) is 142 Å². The standard InChI is InChI=1S/2C14H27NO/c2*1-2-3-4-5-6-7-8-9-12-15-13-10-11-14(15)16/h2*2-13H2,1H3. The third-order valence-electron chi connectivity index (χ3n) is 6.91. The minimum Gasteiger partial charge on any atom is -0.343 e. The third-order valence-corrected chi connectivity index (χ3v) is 6.91. The lowest BCUT2D eigenvalue weighted by Crippen LogP contribution is -2.25. The number of rotatable bonds is 18. The minimum absolute atomic E-state index is 0.378. The van der Waals surface area contributed by atoms with Crippen LogP contribution in [0.25, 0.3) is 0 Å². The zero-order valence-electron chi connectivity index (χ0n) is 21.7. The average molecular weight is 451 g/mol. The maximum Gasteiger partial charge on any atom is 0.222 e. The van der Waals surface area contributed by atoms with Gasteiger partial charge in [0.1, 0.15) is 0 Å². The van der Waals surface area contributed by atoms with E-state index in [1.807, 2.05) is 9.80 Å². The number of hydrogen-bond acceptors (Lipinski definition) is 2. The van der Waals surface area contributed by atoms with Crippen LogP contribution >= 0.6 is 0 Å². The molecule has 2 amide bonds. The molecule has 4 heteroatoms. The van der Waals surface area contributed by atoms with Gasteiger partial charge < -0.3 is 9.80 Å². The van der Waals surface area contributed by atoms with Crippen LogP contribution in [-0.4, -0.2) is 47.8 Å². The Kier molecular flexibility index (Phi) is 18.6. The highest BCUT2D eigenvalue weighted by atomic mass is 16.2. The SMILES string of the molecule is CCCCCCCCCCN1CCCC1=O.CCCCCCCCCCN1CCCC1=O. The third kappa shape index (κ3) is 14.9. The summed E-state index contributed by atoms with van der Waals surface area (Å²) in [7, 11) is 0. The molecule has 2 heterocycles. The number of amides is 2. The normalized spacial score (nSPS) is 16.1. The molecular formula is C28H54N2O2. The molecule has 0 aliphatic carbocycles. The molecule has 2 fully saturated rings. The van der Waals surface area contributed by atoms with E-state index in [9.17, 15) is 9.59 Å². The lowest BCUT2D eigenvalue weighted by atomic mass is 10.1. The van der Waals surface area contributed by atoms with Crippen LogP contribution < -0.4 is 0 Å². The van der Waals surface area contributed by atoms with Crippen LogP contribution in [0.5, 0.6) is 0 Å². The van der Waals surface area contributed by atoms with E-state index in [4.69, 9.17) is 0 Å². The zero-order valence-corrected chi connectivity index (χ0v) is 21.7. The van der Waals surface area contributed by atoms with Crippen molar-refractivity contribution in [1.29, 1.82) is 0 Å². The van der Waals surface area contributed by atoms with Crippen molar-refractivity contribution >= 4 is 11.8 Å². The molecule has 2 aliphatic heterocycles. The molecule has 0 aromatic rings. The molecule has 0 spiro atoms. The van der Waals surface area contributed by atoms with Crippen molar-refractivity contribution < 1.29 is 9.59 Å². The molecule has 0 bridgehead atoms. The van der Waals surface area contributed by atoms with Crippen molar-refractivity contribution in [3.63, 3.8) is 0 Å². The van der Waals surface area contributed by atoms with E-state index in [0.29, 0.717) is 11.8 Å². The van der Waals surface area contributed by atoms with Crippen molar-refractivity contribution in [1.82, 2.24) is 9.80 Å². The van der Waals surface area contributed by atoms with Crippen molar-refractivity contribution in [2.24, 2.45) is 0 Å². The Morgan fingerprint density at radius 3 is 1.09 bits per heavy atom. The fourth-order valence-corrected chi connectivity index (χ4v) is 4.75. The van der Waals surface area contributed by atoms with Crippen LogP contribution in [-0.2, 0) is 9.59 Å². The number of nitrogens with zero attached hydrogens (tertiary/aromatic N) is 2. The average Bonchev–Trinajstić information content (AvgIpc) is 3.40. The van der Waals surface area contributed by atoms with Gasteiger partial charge in [0, 0.05) is 39.0 Å². The van der Waals surface area contributed by atoms with Gasteiger partial charge in [-0.15, -0.1) is 0 Å². The van der Waals surface area contributed by atoms with Crippen LogP contribution in [0.15, 0.2) is 0 Å². The molecule has 32 heavy (non-hydrogen) atoms. The molecule has 0 saturated carbocycles. The molecule has 0 radical (unpaired) electrons. The molecule has 2 saturated heterocycles. The smallest absolute Gasteiger partial charge is 0.222 e. The Morgan fingerprint density at radius 2 is 0.812 bits per heavy atom. The summed E-state index contributed by atoms with van der Waals surface area (Å²) in [6, 6.07) is 0. The quantitative estimate of drug-likeness (QED) is 0.203. The number of unbranched alkanes of at least 4 members (excludes halogenated alkanes) is 14. The monoisotopic (exact) mass is 450 g/mol. The highest BCUT2D eigenvalue weighted by Crippen LogP contribution is 2.14. The van der Waals surface area contributed by atoms with E-state index in [1.165, 1.54) is 103 Å². The van der Waals surface area contributed by atoms with E-state index in [0.717, 1.165) is 51.9 Å². The Morgan fingerprint density at radius 1 is 0.500 bits per heavy atom. The van der Waals surface area contributed by atoms with Gasteiger partial charge in [0.2, 0.25) is 11.8 Å². The van der Waals surface area contributed by atoms with Crippen LogP contribution in [0.1, 0.15) is 142 Å². The Labute approximate surface area is 199 Å². The largest absolute Gasteiger partial charge is 0.343 e. The molecule has 0 unspecified atom stereocenters. The summed E-state index contributed by atoms with van der Waals surface area (Å²) in [5.41, 5.74) is 0. The summed E-state index contributed by atoms with van der Waals surface area (Å²) in [6.07, 6.45) is 25.3. The number of carbonyl (C=O) groups excluding carboxylic acids is 2. The van der Waals surface area contributed by atoms with Gasteiger partial charge in [-0.05, 0) is 25.7 Å². The van der Waals surface area contributed by atoms with E-state index in [1.54, 1.807) is 0 Å². The summed E-state index contributed by atoms with van der Waals surface area (Å²) < 4.78 is 0. The predicted octanol–water partition coefficient (Wildman–Crippen LogP) is 7.50. The predicted molar refractivity (Wildman–Crippen MR) is 137 cm³/mol. The van der Waals surface area contributed by atoms with Gasteiger partial charge in [-0.25, -0.2) is 0 Å². The Hall–Kier alpha value is -1.06. The second-order valence-corrected chi connectivity index (χ2v) is 9.92. The van der Waals surface area contributed by atoms with Crippen LogP contribution in [0, 0.1) is 0 Å². The van der Waals surface area contributed by atoms with Crippen molar-refractivity contribution in [3.8, 4) is 0 Å². The topological polar surface area (TPSA) is 40.6 Å². The Balaban J connectivity index is 0.000000320. The van der Waals surface area contributed by atoms with Crippen LogP contribution in [0.3, 0.4) is 0 Å². The maximum absolute atomic E-state index is 11.3. The van der Waals surface area contributed by atoms with E-state index < -0.39 is 0 Å². The highest BCUT2D eigenvalue weighted by Gasteiger charge is 2.19. The van der Waals surface area contributed by atoms with Gasteiger partial charge in [0.25, 0.3) is 0 Å². The Bertz CT molecular complexity index is 424. The number of likely N-dealkylation sites (tertiary alicyclic amines) is 2. The lowest BCUT2D eigenvalue weighted by molar-refractivity contribution is -0.128. The van der Waals surface area contributed by atoms with Crippen molar-refractivity contribution in [3.05, 3.63) is 0 Å². The summed E-state index contributed by atoms with van der Waals surface area (Å²) >= 11 is 0. The second-order valence-electron chi connectivity index (χ2n) is 9.92. The van der Waals surface area contributed by atoms with Crippen LogP contribution in [0.2, 0.25) is 0 Å². The molecule has 4 nitrogen and oxygen atoms in total. The lowest BCUT2D eigenvalue weighted by Gasteiger charge is -2.14. The van der Waals surface area contributed by atoms with E-state index >= 15 is 0 Å². The minimum atomic E-state index is 0.378. The fraction of sp³-hybridized carbons (Fsp3) is 0.929. The highest BCUT2D eigenvalue weighted by molar-refractivity contribution is 5.78. The summed E-state index contributed by atoms with van der Waals surface area (Å²) in [6.45, 7) is 8.55. The van der Waals surface area contributed by atoms with E-state index in [2.05, 4.69) is 13.8 Å². The molecule has 0 aromatic carbocycles. The first-order valence-corrected chi connectivity index (χ1v) is 14.2. The molecule has 0 aromatic heterocycles. The summed E-state index contributed by atoms with van der Waals surface area (Å²) in [4.78, 5) is 26.8. The molecule has 0 atom stereocenters. The molecule has 2 aliphatic rings. The van der Waals surface area contributed by atoms with E-state index in [-0.39, 0.29) is 0 Å². The first-order valence-electron chi connectivity index (χ1n) is 14.2. The molecular weight excluding hydrogens is 396 g/mol. The molecule has 188 valence electrons. The summed E-state index contributed by atoms with van der Waals surface area (Å²) in [5, 5.41) is 0. The van der Waals surface area contributed by atoms with Gasteiger partial charge >= 0.3 is 0 Å². The zero-order chi connectivity index (χ0) is 23.3. The van der Waals surface area contributed by atoms with Gasteiger partial charge in [-0.2, -0.15) is 0 Å². The molecule has 2 rings (SSSR count). The van der Waals surface area contributed by atoms with Crippen LogP contribution in [0.4, 0.5) is 0 Å². The fourth-order valence-electron chi connectivity index (χ4n) is 4.75. The van der Waals surface area contributed by atoms with Gasteiger partial charge in [0.15, 0.2) is 0 Å². The first kappa shape index (κ1) is 29.0. The maximum atomic E-state index is 11.3. The van der Waals surface area contributed by atoms with Gasteiger partial charge in [-0.3, -0.25) is 9.59 Å². The van der Waals surface area contributed by atoms with Gasteiger partial charge in [-0.1, -0.05) is 104 Å². The first-order chi connectivity index (χ1) is 15.7. The number of hydrogen-bond donors (Lipinski definition) is 0.